The number of aromatic nitrogens is 1. The molecule has 5 nitrogen and oxygen atoms in total. The summed E-state index contributed by atoms with van der Waals surface area (Å²) < 4.78 is 5.92. The number of nitrogens with zero attached hydrogens (tertiary/aromatic N) is 2. The van der Waals surface area contributed by atoms with Crippen molar-refractivity contribution in [1.82, 2.24) is 15.2 Å². The van der Waals surface area contributed by atoms with Gasteiger partial charge < -0.3 is 9.73 Å². The van der Waals surface area contributed by atoms with Crippen LogP contribution in [0, 0.1) is 0 Å². The smallest absolute Gasteiger partial charge is 0.237 e. The minimum absolute atomic E-state index is 0.0369. The lowest BCUT2D eigenvalue weighted by molar-refractivity contribution is -0.126. The Bertz CT molecular complexity index is 995. The highest BCUT2D eigenvalue weighted by Gasteiger charge is 2.29. The number of oxazole rings is 1. The molecule has 4 rings (SSSR count). The molecular formula is C22H23Cl2N3O2. The molecule has 1 aromatic heterocycles. The SMILES string of the molecule is CC(C(=O)NCc1ccc(Cl)cc1)N1CCC(c2nc3cc(Cl)ccc3o2)CC1. The molecule has 29 heavy (non-hydrogen) atoms. The van der Waals surface area contributed by atoms with E-state index >= 15 is 0 Å². The van der Waals surface area contributed by atoms with Gasteiger partial charge in [0.15, 0.2) is 11.5 Å². The van der Waals surface area contributed by atoms with Crippen LogP contribution in [-0.2, 0) is 11.3 Å². The molecule has 1 unspecified atom stereocenters. The van der Waals surface area contributed by atoms with Crippen LogP contribution in [-0.4, -0.2) is 34.9 Å². The van der Waals surface area contributed by atoms with Crippen LogP contribution in [0.5, 0.6) is 0 Å². The number of carbonyl (C=O) groups is 1. The van der Waals surface area contributed by atoms with E-state index in [4.69, 9.17) is 27.6 Å². The number of fused-ring (bicyclic) bond motifs is 1. The molecule has 0 bridgehead atoms. The van der Waals surface area contributed by atoms with Gasteiger partial charge in [-0.2, -0.15) is 0 Å². The average Bonchev–Trinajstić information content (AvgIpc) is 3.16. The van der Waals surface area contributed by atoms with Gasteiger partial charge in [-0.3, -0.25) is 9.69 Å². The summed E-state index contributed by atoms with van der Waals surface area (Å²) in [5.74, 6) is 1.07. The topological polar surface area (TPSA) is 58.4 Å². The number of rotatable bonds is 5. The van der Waals surface area contributed by atoms with E-state index in [1.807, 2.05) is 49.4 Å². The fraction of sp³-hybridized carbons (Fsp3) is 0.364. The summed E-state index contributed by atoms with van der Waals surface area (Å²) in [4.78, 5) is 19.4. The molecule has 7 heteroatoms. The number of halogens is 2. The molecular weight excluding hydrogens is 409 g/mol. The van der Waals surface area contributed by atoms with E-state index in [2.05, 4.69) is 15.2 Å². The lowest BCUT2D eigenvalue weighted by Gasteiger charge is -2.34. The van der Waals surface area contributed by atoms with Gasteiger partial charge in [0.05, 0.1) is 6.04 Å². The first kappa shape index (κ1) is 20.2. The lowest BCUT2D eigenvalue weighted by Crippen LogP contribution is -2.47. The zero-order valence-electron chi connectivity index (χ0n) is 16.2. The van der Waals surface area contributed by atoms with Gasteiger partial charge in [-0.15, -0.1) is 0 Å². The van der Waals surface area contributed by atoms with E-state index in [-0.39, 0.29) is 17.9 Å². The number of hydrogen-bond donors (Lipinski definition) is 1. The van der Waals surface area contributed by atoms with Crippen LogP contribution in [0.3, 0.4) is 0 Å². The maximum atomic E-state index is 12.6. The highest BCUT2D eigenvalue weighted by molar-refractivity contribution is 6.31. The largest absolute Gasteiger partial charge is 0.440 e. The fourth-order valence-corrected chi connectivity index (χ4v) is 4.02. The Morgan fingerprint density at radius 3 is 2.59 bits per heavy atom. The van der Waals surface area contributed by atoms with E-state index in [1.54, 1.807) is 0 Å². The minimum Gasteiger partial charge on any atom is -0.440 e. The molecule has 1 saturated heterocycles. The number of piperidine rings is 1. The van der Waals surface area contributed by atoms with Crippen LogP contribution in [0.2, 0.25) is 10.0 Å². The lowest BCUT2D eigenvalue weighted by atomic mass is 9.95. The van der Waals surface area contributed by atoms with Gasteiger partial charge in [0, 0.05) is 22.5 Å². The minimum atomic E-state index is -0.175. The molecule has 1 atom stereocenters. The molecule has 0 spiro atoms. The monoisotopic (exact) mass is 431 g/mol. The Kier molecular flexibility index (Phi) is 6.09. The number of amides is 1. The molecule has 0 saturated carbocycles. The number of hydrogen-bond acceptors (Lipinski definition) is 4. The third kappa shape index (κ3) is 4.74. The molecule has 2 heterocycles. The fourth-order valence-electron chi connectivity index (χ4n) is 3.73. The quantitative estimate of drug-likeness (QED) is 0.615. The van der Waals surface area contributed by atoms with Crippen molar-refractivity contribution in [2.45, 2.75) is 38.3 Å². The summed E-state index contributed by atoms with van der Waals surface area (Å²) in [6.07, 6.45) is 1.82. The van der Waals surface area contributed by atoms with Crippen molar-refractivity contribution in [2.75, 3.05) is 13.1 Å². The normalized spacial score (nSPS) is 16.8. The number of nitrogens with one attached hydrogen (secondary N) is 1. The van der Waals surface area contributed by atoms with Crippen LogP contribution in [0.4, 0.5) is 0 Å². The van der Waals surface area contributed by atoms with E-state index in [0.717, 1.165) is 48.5 Å². The predicted octanol–water partition coefficient (Wildman–Crippen LogP) is 5.02. The second-order valence-electron chi connectivity index (χ2n) is 7.49. The van der Waals surface area contributed by atoms with Crippen LogP contribution in [0.15, 0.2) is 46.9 Å². The van der Waals surface area contributed by atoms with Crippen molar-refractivity contribution in [1.29, 1.82) is 0 Å². The van der Waals surface area contributed by atoms with Crippen molar-refractivity contribution >= 4 is 40.2 Å². The Morgan fingerprint density at radius 2 is 1.86 bits per heavy atom. The van der Waals surface area contributed by atoms with Gasteiger partial charge in [-0.25, -0.2) is 4.98 Å². The zero-order chi connectivity index (χ0) is 20.4. The molecule has 1 aliphatic rings. The first-order valence-electron chi connectivity index (χ1n) is 9.82. The van der Waals surface area contributed by atoms with Gasteiger partial charge >= 0.3 is 0 Å². The van der Waals surface area contributed by atoms with Crippen molar-refractivity contribution in [2.24, 2.45) is 0 Å². The first-order chi connectivity index (χ1) is 14.0. The maximum absolute atomic E-state index is 12.6. The summed E-state index contributed by atoms with van der Waals surface area (Å²) in [5.41, 5.74) is 2.59. The zero-order valence-corrected chi connectivity index (χ0v) is 17.7. The number of carbonyl (C=O) groups excluding carboxylic acids is 1. The summed E-state index contributed by atoms with van der Waals surface area (Å²) in [6, 6.07) is 12.8. The molecule has 3 aromatic rings. The Balaban J connectivity index is 1.30. The first-order valence-corrected chi connectivity index (χ1v) is 10.6. The third-order valence-corrected chi connectivity index (χ3v) is 6.04. The summed E-state index contributed by atoms with van der Waals surface area (Å²) in [7, 11) is 0. The molecule has 152 valence electrons. The molecule has 0 radical (unpaired) electrons. The van der Waals surface area contributed by atoms with Gasteiger partial charge in [0.1, 0.15) is 5.52 Å². The highest BCUT2D eigenvalue weighted by atomic mass is 35.5. The predicted molar refractivity (Wildman–Crippen MR) is 115 cm³/mol. The standard InChI is InChI=1S/C22H23Cl2N3O2/c1-14(21(28)25-13-15-2-4-17(23)5-3-15)27-10-8-16(9-11-27)22-26-19-12-18(24)6-7-20(19)29-22/h2-7,12,14,16H,8-11,13H2,1H3,(H,25,28). The van der Waals surface area contributed by atoms with Gasteiger partial charge in [0.25, 0.3) is 0 Å². The Labute approximate surface area is 180 Å². The van der Waals surface area contributed by atoms with Crippen molar-refractivity contribution < 1.29 is 9.21 Å². The molecule has 1 fully saturated rings. The summed E-state index contributed by atoms with van der Waals surface area (Å²) in [6.45, 7) is 4.13. The molecule has 0 aliphatic carbocycles. The van der Waals surface area contributed by atoms with Crippen LogP contribution in [0.1, 0.15) is 37.1 Å². The van der Waals surface area contributed by atoms with Crippen molar-refractivity contribution in [3.63, 3.8) is 0 Å². The van der Waals surface area contributed by atoms with Gasteiger partial charge in [0.2, 0.25) is 5.91 Å². The summed E-state index contributed by atoms with van der Waals surface area (Å²) in [5, 5.41) is 4.37. The average molecular weight is 432 g/mol. The Morgan fingerprint density at radius 1 is 1.17 bits per heavy atom. The second kappa shape index (κ2) is 8.74. The highest BCUT2D eigenvalue weighted by Crippen LogP contribution is 2.31. The van der Waals surface area contributed by atoms with Crippen LogP contribution >= 0.6 is 23.2 Å². The molecule has 1 N–H and O–H groups in total. The Hall–Kier alpha value is -2.08. The van der Waals surface area contributed by atoms with Crippen LogP contribution in [0.25, 0.3) is 11.1 Å². The van der Waals surface area contributed by atoms with E-state index in [1.165, 1.54) is 0 Å². The van der Waals surface area contributed by atoms with E-state index < -0.39 is 0 Å². The van der Waals surface area contributed by atoms with Gasteiger partial charge in [-0.1, -0.05) is 35.3 Å². The van der Waals surface area contributed by atoms with Crippen molar-refractivity contribution in [3.05, 3.63) is 64.0 Å². The second-order valence-corrected chi connectivity index (χ2v) is 8.37. The number of likely N-dealkylation sites (tertiary alicyclic amines) is 1. The number of benzene rings is 2. The molecule has 1 aliphatic heterocycles. The molecule has 2 aromatic carbocycles. The molecule has 1 amide bonds. The third-order valence-electron chi connectivity index (χ3n) is 5.55. The van der Waals surface area contributed by atoms with Crippen molar-refractivity contribution in [3.8, 4) is 0 Å². The van der Waals surface area contributed by atoms with E-state index in [0.29, 0.717) is 16.6 Å². The van der Waals surface area contributed by atoms with E-state index in [9.17, 15) is 4.79 Å². The van der Waals surface area contributed by atoms with Crippen LogP contribution < -0.4 is 5.32 Å². The van der Waals surface area contributed by atoms with Gasteiger partial charge in [-0.05, 0) is 68.8 Å². The summed E-state index contributed by atoms with van der Waals surface area (Å²) >= 11 is 11.9. The maximum Gasteiger partial charge on any atom is 0.237 e.